The SMILES string of the molecule is COC(=O)c1cc(C(=O)NC(CO)C(=O)O)cc([N+](=O)[O-])c1. The second kappa shape index (κ2) is 7.13. The number of non-ortho nitro benzene ring substituents is 1. The van der Waals surface area contributed by atoms with Crippen LogP contribution in [0.15, 0.2) is 18.2 Å². The number of nitrogens with one attached hydrogen (secondary N) is 1. The van der Waals surface area contributed by atoms with E-state index in [4.69, 9.17) is 10.2 Å². The number of nitrogens with zero attached hydrogens (tertiary/aromatic N) is 1. The van der Waals surface area contributed by atoms with Crippen molar-refractivity contribution in [1.82, 2.24) is 5.32 Å². The fourth-order valence-corrected chi connectivity index (χ4v) is 1.51. The molecule has 0 radical (unpaired) electrons. The molecule has 0 aliphatic rings. The van der Waals surface area contributed by atoms with Gasteiger partial charge in [-0.15, -0.1) is 0 Å². The molecule has 1 atom stereocenters. The molecule has 0 saturated heterocycles. The second-order valence-electron chi connectivity index (χ2n) is 4.06. The van der Waals surface area contributed by atoms with E-state index in [1.54, 1.807) is 0 Å². The van der Waals surface area contributed by atoms with Gasteiger partial charge in [0, 0.05) is 17.7 Å². The van der Waals surface area contributed by atoms with Crippen molar-refractivity contribution in [3.8, 4) is 0 Å². The number of esters is 1. The van der Waals surface area contributed by atoms with Crippen molar-refractivity contribution in [3.63, 3.8) is 0 Å². The molecule has 0 aliphatic heterocycles. The van der Waals surface area contributed by atoms with E-state index in [9.17, 15) is 24.5 Å². The molecule has 0 saturated carbocycles. The van der Waals surface area contributed by atoms with E-state index in [2.05, 4.69) is 4.74 Å². The minimum absolute atomic E-state index is 0.238. The van der Waals surface area contributed by atoms with Crippen LogP contribution in [-0.2, 0) is 9.53 Å². The van der Waals surface area contributed by atoms with Crippen molar-refractivity contribution >= 4 is 23.5 Å². The molecule has 1 aromatic rings. The summed E-state index contributed by atoms with van der Waals surface area (Å²) in [5, 5.41) is 30.4. The zero-order chi connectivity index (χ0) is 16.9. The number of carboxylic acid groups (broad SMARTS) is 1. The smallest absolute Gasteiger partial charge is 0.338 e. The van der Waals surface area contributed by atoms with Crippen LogP contribution in [0.25, 0.3) is 0 Å². The van der Waals surface area contributed by atoms with Gasteiger partial charge in [0.05, 0.1) is 24.2 Å². The summed E-state index contributed by atoms with van der Waals surface area (Å²) < 4.78 is 4.42. The normalized spacial score (nSPS) is 11.4. The van der Waals surface area contributed by atoms with Gasteiger partial charge in [-0.1, -0.05) is 0 Å². The zero-order valence-electron chi connectivity index (χ0n) is 11.3. The molecule has 0 aromatic heterocycles. The Labute approximate surface area is 123 Å². The lowest BCUT2D eigenvalue weighted by Gasteiger charge is -2.12. The largest absolute Gasteiger partial charge is 0.480 e. The first kappa shape index (κ1) is 17.0. The molecule has 0 bridgehead atoms. The number of benzene rings is 1. The summed E-state index contributed by atoms with van der Waals surface area (Å²) >= 11 is 0. The maximum Gasteiger partial charge on any atom is 0.338 e. The number of aliphatic hydroxyl groups excluding tert-OH is 1. The molecule has 118 valence electrons. The number of aliphatic carboxylic acids is 1. The van der Waals surface area contributed by atoms with Crippen molar-refractivity contribution in [1.29, 1.82) is 0 Å². The highest BCUT2D eigenvalue weighted by atomic mass is 16.6. The number of carboxylic acids is 1. The molecule has 1 rings (SSSR count). The van der Waals surface area contributed by atoms with E-state index in [1.165, 1.54) is 0 Å². The van der Waals surface area contributed by atoms with Crippen LogP contribution >= 0.6 is 0 Å². The molecule has 0 spiro atoms. The number of carbonyl (C=O) groups is 3. The van der Waals surface area contributed by atoms with Crippen LogP contribution in [0, 0.1) is 10.1 Å². The van der Waals surface area contributed by atoms with E-state index >= 15 is 0 Å². The number of aliphatic hydroxyl groups is 1. The van der Waals surface area contributed by atoms with Gasteiger partial charge in [-0.3, -0.25) is 14.9 Å². The predicted molar refractivity (Wildman–Crippen MR) is 70.4 cm³/mol. The number of nitro groups is 1. The van der Waals surface area contributed by atoms with E-state index in [0.717, 1.165) is 25.3 Å². The highest BCUT2D eigenvalue weighted by Crippen LogP contribution is 2.18. The summed E-state index contributed by atoms with van der Waals surface area (Å²) in [6, 6.07) is 1.24. The van der Waals surface area contributed by atoms with Gasteiger partial charge in [0.25, 0.3) is 11.6 Å². The van der Waals surface area contributed by atoms with Crippen molar-refractivity contribution in [3.05, 3.63) is 39.4 Å². The molecule has 3 N–H and O–H groups in total. The number of amides is 1. The molecular weight excluding hydrogens is 300 g/mol. The van der Waals surface area contributed by atoms with Crippen LogP contribution < -0.4 is 5.32 Å². The van der Waals surface area contributed by atoms with Crippen molar-refractivity contribution in [2.24, 2.45) is 0 Å². The minimum atomic E-state index is -1.58. The maximum atomic E-state index is 11.9. The van der Waals surface area contributed by atoms with Gasteiger partial charge in [0.2, 0.25) is 0 Å². The van der Waals surface area contributed by atoms with Crippen LogP contribution in [0.5, 0.6) is 0 Å². The molecule has 0 fully saturated rings. The number of rotatable bonds is 6. The average Bonchev–Trinajstić information content (AvgIpc) is 2.50. The Hall–Kier alpha value is -3.01. The number of carbonyl (C=O) groups excluding carboxylic acids is 2. The molecule has 0 aliphatic carbocycles. The summed E-state index contributed by atoms with van der Waals surface area (Å²) in [6.45, 7) is -0.861. The number of hydrogen-bond donors (Lipinski definition) is 3. The Bertz CT molecular complexity index is 628. The lowest BCUT2D eigenvalue weighted by Crippen LogP contribution is -2.43. The molecule has 1 amide bonds. The Morgan fingerprint density at radius 2 is 1.91 bits per heavy atom. The summed E-state index contributed by atoms with van der Waals surface area (Å²) in [5.41, 5.74) is -1.09. The van der Waals surface area contributed by atoms with Gasteiger partial charge in [-0.2, -0.15) is 0 Å². The average molecular weight is 312 g/mol. The first-order valence-electron chi connectivity index (χ1n) is 5.82. The molecule has 10 nitrogen and oxygen atoms in total. The van der Waals surface area contributed by atoms with Crippen molar-refractivity contribution in [2.45, 2.75) is 6.04 Å². The monoisotopic (exact) mass is 312 g/mol. The molecule has 22 heavy (non-hydrogen) atoms. The molecule has 1 aromatic carbocycles. The molecular formula is C12H12N2O8. The lowest BCUT2D eigenvalue weighted by atomic mass is 10.1. The molecule has 1 unspecified atom stereocenters. The standard InChI is InChI=1S/C12H12N2O8/c1-22-12(19)7-2-6(3-8(4-7)14(20)21)10(16)13-9(5-15)11(17)18/h2-4,9,15H,5H2,1H3,(H,13,16)(H,17,18). The molecule has 10 heteroatoms. The fourth-order valence-electron chi connectivity index (χ4n) is 1.51. The Kier molecular flexibility index (Phi) is 5.52. The van der Waals surface area contributed by atoms with E-state index in [-0.39, 0.29) is 11.1 Å². The van der Waals surface area contributed by atoms with Crippen LogP contribution in [0.2, 0.25) is 0 Å². The summed E-state index contributed by atoms with van der Waals surface area (Å²) in [6.07, 6.45) is 0. The van der Waals surface area contributed by atoms with E-state index in [1.807, 2.05) is 5.32 Å². The summed E-state index contributed by atoms with van der Waals surface area (Å²) in [5.74, 6) is -3.36. The highest BCUT2D eigenvalue weighted by molar-refractivity contribution is 6.00. The van der Waals surface area contributed by atoms with Gasteiger partial charge >= 0.3 is 11.9 Å². The van der Waals surface area contributed by atoms with Gasteiger partial charge in [-0.05, 0) is 6.07 Å². The predicted octanol–water partition coefficient (Wildman–Crippen LogP) is -0.443. The topological polar surface area (TPSA) is 156 Å². The Morgan fingerprint density at radius 1 is 1.32 bits per heavy atom. The van der Waals surface area contributed by atoms with Crippen LogP contribution in [0.1, 0.15) is 20.7 Å². The van der Waals surface area contributed by atoms with Crippen molar-refractivity contribution < 1.29 is 34.3 Å². The van der Waals surface area contributed by atoms with Crippen molar-refractivity contribution in [2.75, 3.05) is 13.7 Å². The van der Waals surface area contributed by atoms with Gasteiger partial charge in [0.15, 0.2) is 6.04 Å². The van der Waals surface area contributed by atoms with Crippen LogP contribution in [0.3, 0.4) is 0 Å². The Balaban J connectivity index is 3.19. The third kappa shape index (κ3) is 3.99. The summed E-state index contributed by atoms with van der Waals surface area (Å²) in [7, 11) is 1.06. The zero-order valence-corrected chi connectivity index (χ0v) is 11.3. The first-order chi connectivity index (χ1) is 10.3. The Morgan fingerprint density at radius 3 is 2.36 bits per heavy atom. The number of hydrogen-bond acceptors (Lipinski definition) is 7. The van der Waals surface area contributed by atoms with Gasteiger partial charge in [-0.25, -0.2) is 9.59 Å². The van der Waals surface area contributed by atoms with Crippen LogP contribution in [0.4, 0.5) is 5.69 Å². The quantitative estimate of drug-likeness (QED) is 0.362. The lowest BCUT2D eigenvalue weighted by molar-refractivity contribution is -0.384. The van der Waals surface area contributed by atoms with E-state index < -0.39 is 41.1 Å². The first-order valence-corrected chi connectivity index (χ1v) is 5.82. The minimum Gasteiger partial charge on any atom is -0.480 e. The molecule has 0 heterocycles. The third-order valence-corrected chi connectivity index (χ3v) is 2.60. The number of nitro benzene ring substituents is 1. The highest BCUT2D eigenvalue weighted by Gasteiger charge is 2.23. The second-order valence-corrected chi connectivity index (χ2v) is 4.06. The van der Waals surface area contributed by atoms with Crippen LogP contribution in [-0.4, -0.2) is 52.7 Å². The van der Waals surface area contributed by atoms with E-state index in [0.29, 0.717) is 0 Å². The van der Waals surface area contributed by atoms with Gasteiger partial charge < -0.3 is 20.3 Å². The third-order valence-electron chi connectivity index (χ3n) is 2.60. The maximum absolute atomic E-state index is 11.9. The number of methoxy groups -OCH3 is 1. The fraction of sp³-hybridized carbons (Fsp3) is 0.250. The summed E-state index contributed by atoms with van der Waals surface area (Å²) in [4.78, 5) is 44.1. The number of ether oxygens (including phenoxy) is 1. The van der Waals surface area contributed by atoms with Gasteiger partial charge in [0.1, 0.15) is 0 Å².